The number of rotatable bonds is 6. The first-order chi connectivity index (χ1) is 13.8. The molecule has 162 valence electrons. The molecule has 2 fully saturated rings. The number of piperidine rings is 1. The Balaban J connectivity index is 1.48. The van der Waals surface area contributed by atoms with E-state index in [9.17, 15) is 17.6 Å². The molecule has 0 N–H and O–H groups in total. The Labute approximate surface area is 173 Å². The molecule has 0 aliphatic carbocycles. The summed E-state index contributed by atoms with van der Waals surface area (Å²) in [4.78, 5) is 18.9. The number of nitrogens with zero attached hydrogens (tertiary/aromatic N) is 4. The summed E-state index contributed by atoms with van der Waals surface area (Å²) < 4.78 is 39.8. The minimum atomic E-state index is -3.66. The quantitative estimate of drug-likeness (QED) is 0.677. The monoisotopic (exact) mass is 426 g/mol. The van der Waals surface area contributed by atoms with E-state index >= 15 is 0 Å². The Morgan fingerprint density at radius 1 is 1.14 bits per heavy atom. The predicted molar refractivity (Wildman–Crippen MR) is 109 cm³/mol. The van der Waals surface area contributed by atoms with Crippen molar-refractivity contribution in [1.29, 1.82) is 0 Å². The Hall–Kier alpha value is -1.55. The lowest BCUT2D eigenvalue weighted by Crippen LogP contribution is -2.52. The van der Waals surface area contributed by atoms with Gasteiger partial charge in [-0.15, -0.1) is 0 Å². The number of carbonyl (C=O) groups excluding carboxylic acids is 1. The van der Waals surface area contributed by atoms with E-state index in [2.05, 4.69) is 16.8 Å². The summed E-state index contributed by atoms with van der Waals surface area (Å²) >= 11 is 0. The van der Waals surface area contributed by atoms with Gasteiger partial charge in [0.25, 0.3) is 0 Å². The standard InChI is InChI=1S/C20H31FN4O3S/c1-22-9-3-4-17(14-22)15-23(2)16-20(26)24-10-12-25(13-11-24)29(27,28)19-7-5-18(21)6-8-19/h5-8,17H,3-4,9-16H2,1-2H3. The fourth-order valence-electron chi connectivity index (χ4n) is 4.19. The maximum atomic E-state index is 13.1. The number of likely N-dealkylation sites (tertiary alicyclic amines) is 1. The highest BCUT2D eigenvalue weighted by atomic mass is 32.2. The molecular formula is C20H31FN4O3S. The van der Waals surface area contributed by atoms with E-state index in [1.807, 2.05) is 7.05 Å². The zero-order valence-corrected chi connectivity index (χ0v) is 18.1. The third-order valence-electron chi connectivity index (χ3n) is 5.74. The number of sulfonamides is 1. The van der Waals surface area contributed by atoms with Crippen molar-refractivity contribution in [2.24, 2.45) is 5.92 Å². The van der Waals surface area contributed by atoms with Crippen molar-refractivity contribution in [2.45, 2.75) is 17.7 Å². The SMILES string of the molecule is CN1CCCC(CN(C)CC(=O)N2CCN(S(=O)(=O)c3ccc(F)cc3)CC2)C1. The normalized spacial score (nSPS) is 22.2. The van der Waals surface area contributed by atoms with Crippen LogP contribution in [0.15, 0.2) is 29.2 Å². The van der Waals surface area contributed by atoms with E-state index in [4.69, 9.17) is 0 Å². The molecule has 1 amide bonds. The topological polar surface area (TPSA) is 64.2 Å². The maximum absolute atomic E-state index is 13.1. The second-order valence-electron chi connectivity index (χ2n) is 8.21. The van der Waals surface area contributed by atoms with Crippen molar-refractivity contribution in [2.75, 3.05) is 66.5 Å². The van der Waals surface area contributed by atoms with Gasteiger partial charge in [0.1, 0.15) is 5.82 Å². The molecule has 1 aromatic rings. The highest BCUT2D eigenvalue weighted by Crippen LogP contribution is 2.19. The number of hydrogen-bond donors (Lipinski definition) is 0. The van der Waals surface area contributed by atoms with Crippen molar-refractivity contribution in [1.82, 2.24) is 19.0 Å². The molecule has 0 radical (unpaired) electrons. The third-order valence-corrected chi connectivity index (χ3v) is 7.65. The van der Waals surface area contributed by atoms with Crippen LogP contribution in [-0.4, -0.2) is 99.8 Å². The molecule has 0 spiro atoms. The minimum absolute atomic E-state index is 0.0375. The summed E-state index contributed by atoms with van der Waals surface area (Å²) in [5.41, 5.74) is 0. The van der Waals surface area contributed by atoms with Crippen molar-refractivity contribution in [3.8, 4) is 0 Å². The molecule has 1 atom stereocenters. The van der Waals surface area contributed by atoms with Gasteiger partial charge in [0.15, 0.2) is 0 Å². The van der Waals surface area contributed by atoms with Crippen LogP contribution in [0.2, 0.25) is 0 Å². The number of piperazine rings is 1. The van der Waals surface area contributed by atoms with Gasteiger partial charge in [-0.05, 0) is 63.7 Å². The molecule has 7 nitrogen and oxygen atoms in total. The van der Waals surface area contributed by atoms with Gasteiger partial charge in [0.05, 0.1) is 11.4 Å². The van der Waals surface area contributed by atoms with Crippen LogP contribution in [0.5, 0.6) is 0 Å². The average molecular weight is 427 g/mol. The average Bonchev–Trinajstić information content (AvgIpc) is 2.68. The summed E-state index contributed by atoms with van der Waals surface area (Å²) in [6.07, 6.45) is 2.40. The van der Waals surface area contributed by atoms with Gasteiger partial charge in [0, 0.05) is 39.3 Å². The molecule has 1 aromatic carbocycles. The van der Waals surface area contributed by atoms with E-state index in [-0.39, 0.29) is 23.9 Å². The van der Waals surface area contributed by atoms with Gasteiger partial charge in [-0.25, -0.2) is 12.8 Å². The summed E-state index contributed by atoms with van der Waals surface area (Å²) in [7, 11) is 0.448. The van der Waals surface area contributed by atoms with E-state index < -0.39 is 15.8 Å². The van der Waals surface area contributed by atoms with Crippen LogP contribution in [0.25, 0.3) is 0 Å². The van der Waals surface area contributed by atoms with Crippen LogP contribution in [0.3, 0.4) is 0 Å². The first-order valence-electron chi connectivity index (χ1n) is 10.2. The van der Waals surface area contributed by atoms with Crippen LogP contribution in [0.4, 0.5) is 4.39 Å². The Morgan fingerprint density at radius 2 is 1.79 bits per heavy atom. The number of benzene rings is 1. The van der Waals surface area contributed by atoms with Crippen molar-refractivity contribution in [3.63, 3.8) is 0 Å². The lowest BCUT2D eigenvalue weighted by Gasteiger charge is -2.36. The second-order valence-corrected chi connectivity index (χ2v) is 10.1. The van der Waals surface area contributed by atoms with Crippen LogP contribution >= 0.6 is 0 Å². The number of carbonyl (C=O) groups is 1. The zero-order valence-electron chi connectivity index (χ0n) is 17.3. The summed E-state index contributed by atoms with van der Waals surface area (Å²) in [5, 5.41) is 0. The molecule has 0 saturated carbocycles. The molecule has 3 rings (SSSR count). The number of halogens is 1. The largest absolute Gasteiger partial charge is 0.339 e. The summed E-state index contributed by atoms with van der Waals surface area (Å²) in [5.74, 6) is 0.156. The molecule has 0 bridgehead atoms. The molecule has 2 aliphatic heterocycles. The van der Waals surface area contributed by atoms with Crippen LogP contribution in [-0.2, 0) is 14.8 Å². The highest BCUT2D eigenvalue weighted by Gasteiger charge is 2.30. The van der Waals surface area contributed by atoms with Gasteiger partial charge in [-0.2, -0.15) is 4.31 Å². The van der Waals surface area contributed by atoms with Gasteiger partial charge >= 0.3 is 0 Å². The van der Waals surface area contributed by atoms with Crippen LogP contribution in [0.1, 0.15) is 12.8 Å². The summed E-state index contributed by atoms with van der Waals surface area (Å²) in [6, 6.07) is 4.85. The van der Waals surface area contributed by atoms with E-state index in [0.29, 0.717) is 25.6 Å². The third kappa shape index (κ3) is 5.75. The first kappa shape index (κ1) is 22.1. The molecule has 1 unspecified atom stereocenters. The molecule has 2 heterocycles. The van der Waals surface area contributed by atoms with Crippen molar-refractivity contribution >= 4 is 15.9 Å². The lowest BCUT2D eigenvalue weighted by atomic mass is 9.98. The maximum Gasteiger partial charge on any atom is 0.243 e. The molecule has 29 heavy (non-hydrogen) atoms. The highest BCUT2D eigenvalue weighted by molar-refractivity contribution is 7.89. The molecular weight excluding hydrogens is 395 g/mol. The van der Waals surface area contributed by atoms with Crippen molar-refractivity contribution < 1.29 is 17.6 Å². The Bertz CT molecular complexity index is 794. The van der Waals surface area contributed by atoms with E-state index in [1.54, 1.807) is 4.90 Å². The summed E-state index contributed by atoms with van der Waals surface area (Å²) in [6.45, 7) is 4.71. The molecule has 9 heteroatoms. The molecule has 2 saturated heterocycles. The van der Waals surface area contributed by atoms with E-state index in [0.717, 1.165) is 31.8 Å². The van der Waals surface area contributed by atoms with E-state index in [1.165, 1.54) is 29.3 Å². The fourth-order valence-corrected chi connectivity index (χ4v) is 5.61. The predicted octanol–water partition coefficient (Wildman–Crippen LogP) is 0.932. The van der Waals surface area contributed by atoms with Crippen molar-refractivity contribution in [3.05, 3.63) is 30.1 Å². The van der Waals surface area contributed by atoms with Crippen LogP contribution < -0.4 is 0 Å². The van der Waals surface area contributed by atoms with Crippen LogP contribution in [0, 0.1) is 11.7 Å². The smallest absolute Gasteiger partial charge is 0.243 e. The molecule has 0 aromatic heterocycles. The Morgan fingerprint density at radius 3 is 2.41 bits per heavy atom. The second kappa shape index (κ2) is 9.51. The zero-order chi connectivity index (χ0) is 21.0. The minimum Gasteiger partial charge on any atom is -0.339 e. The lowest BCUT2D eigenvalue weighted by molar-refractivity contribution is -0.133. The van der Waals surface area contributed by atoms with Gasteiger partial charge in [-0.1, -0.05) is 0 Å². The van der Waals surface area contributed by atoms with Gasteiger partial charge < -0.3 is 9.80 Å². The number of amides is 1. The fraction of sp³-hybridized carbons (Fsp3) is 0.650. The molecule has 2 aliphatic rings. The number of hydrogen-bond acceptors (Lipinski definition) is 5. The Kier molecular flexibility index (Phi) is 7.26. The van der Waals surface area contributed by atoms with Gasteiger partial charge in [0.2, 0.25) is 15.9 Å². The first-order valence-corrected chi connectivity index (χ1v) is 11.6. The van der Waals surface area contributed by atoms with Gasteiger partial charge in [-0.3, -0.25) is 9.69 Å². The number of likely N-dealkylation sites (N-methyl/N-ethyl adjacent to an activating group) is 1.